The number of nitrogens with zero attached hydrogens (tertiary/aromatic N) is 2. The van der Waals surface area contributed by atoms with E-state index in [4.69, 9.17) is 5.11 Å². The lowest BCUT2D eigenvalue weighted by Gasteiger charge is -2.06. The molecule has 3 rings (SSSR count). The first-order valence-corrected chi connectivity index (χ1v) is 7.07. The van der Waals surface area contributed by atoms with Gasteiger partial charge in [-0.1, -0.05) is 36.4 Å². The number of rotatable bonds is 5. The van der Waals surface area contributed by atoms with Crippen LogP contribution in [-0.4, -0.2) is 14.7 Å². The molecule has 0 aliphatic carbocycles. The van der Waals surface area contributed by atoms with Gasteiger partial charge in [0, 0.05) is 13.6 Å². The van der Waals surface area contributed by atoms with Crippen molar-refractivity contribution in [3.05, 3.63) is 65.5 Å². The predicted octanol–water partition coefficient (Wildman–Crippen LogP) is 2.36. The van der Waals surface area contributed by atoms with Crippen LogP contribution in [0.1, 0.15) is 17.0 Å². The molecule has 1 aromatic heterocycles. The predicted molar refractivity (Wildman–Crippen MR) is 83.6 cm³/mol. The zero-order valence-corrected chi connectivity index (χ0v) is 12.1. The first kappa shape index (κ1) is 13.8. The van der Waals surface area contributed by atoms with Gasteiger partial charge in [-0.3, -0.25) is 0 Å². The second kappa shape index (κ2) is 6.08. The average molecular weight is 281 g/mol. The first-order valence-electron chi connectivity index (χ1n) is 7.07. The van der Waals surface area contributed by atoms with Gasteiger partial charge >= 0.3 is 0 Å². The minimum absolute atomic E-state index is 0.0908. The van der Waals surface area contributed by atoms with Crippen molar-refractivity contribution in [1.29, 1.82) is 0 Å². The van der Waals surface area contributed by atoms with Crippen molar-refractivity contribution in [2.75, 3.05) is 0 Å². The number of aliphatic hydroxyl groups excluding tert-OH is 1. The van der Waals surface area contributed by atoms with Crippen LogP contribution in [0.15, 0.2) is 48.5 Å². The smallest absolute Gasteiger partial charge is 0.123 e. The molecule has 0 aliphatic rings. The molecule has 3 aromatic rings. The minimum atomic E-state index is 0.0908. The van der Waals surface area contributed by atoms with Crippen molar-refractivity contribution < 1.29 is 5.11 Å². The number of imidazole rings is 1. The number of fused-ring (bicyclic) bond motifs is 1. The summed E-state index contributed by atoms with van der Waals surface area (Å²) in [5, 5.41) is 12.4. The molecular weight excluding hydrogens is 262 g/mol. The minimum Gasteiger partial charge on any atom is -0.392 e. The van der Waals surface area contributed by atoms with Gasteiger partial charge in [0.25, 0.3) is 0 Å². The van der Waals surface area contributed by atoms with Crippen molar-refractivity contribution >= 4 is 11.0 Å². The Balaban J connectivity index is 1.64. The molecule has 0 radical (unpaired) electrons. The Morgan fingerprint density at radius 3 is 2.43 bits per heavy atom. The zero-order chi connectivity index (χ0) is 14.7. The molecule has 4 nitrogen and oxygen atoms in total. The molecule has 0 saturated heterocycles. The van der Waals surface area contributed by atoms with Gasteiger partial charge in [-0.25, -0.2) is 4.98 Å². The summed E-state index contributed by atoms with van der Waals surface area (Å²) in [4.78, 5) is 4.64. The van der Waals surface area contributed by atoms with Gasteiger partial charge in [0.15, 0.2) is 0 Å². The van der Waals surface area contributed by atoms with Gasteiger partial charge in [-0.15, -0.1) is 0 Å². The molecule has 0 bridgehead atoms. The van der Waals surface area contributed by atoms with Crippen LogP contribution in [0, 0.1) is 0 Å². The van der Waals surface area contributed by atoms with Crippen LogP contribution in [0.3, 0.4) is 0 Å². The molecule has 0 spiro atoms. The van der Waals surface area contributed by atoms with Crippen molar-refractivity contribution in [2.24, 2.45) is 7.05 Å². The van der Waals surface area contributed by atoms with Crippen molar-refractivity contribution in [1.82, 2.24) is 14.9 Å². The highest BCUT2D eigenvalue weighted by Crippen LogP contribution is 2.14. The maximum Gasteiger partial charge on any atom is 0.123 e. The third kappa shape index (κ3) is 2.96. The number of hydrogen-bond acceptors (Lipinski definition) is 3. The number of para-hydroxylation sites is 2. The van der Waals surface area contributed by atoms with Crippen LogP contribution in [0.2, 0.25) is 0 Å². The molecule has 21 heavy (non-hydrogen) atoms. The van der Waals surface area contributed by atoms with E-state index in [0.717, 1.165) is 35.5 Å². The second-order valence-electron chi connectivity index (χ2n) is 5.15. The van der Waals surface area contributed by atoms with Gasteiger partial charge in [0.05, 0.1) is 24.2 Å². The highest BCUT2D eigenvalue weighted by Gasteiger charge is 2.06. The number of nitrogens with one attached hydrogen (secondary N) is 1. The van der Waals surface area contributed by atoms with Crippen LogP contribution >= 0.6 is 0 Å². The fraction of sp³-hybridized carbons (Fsp3) is 0.235. The van der Waals surface area contributed by atoms with Crippen LogP contribution in [-0.2, 0) is 26.7 Å². The topological polar surface area (TPSA) is 50.1 Å². The van der Waals surface area contributed by atoms with E-state index < -0.39 is 0 Å². The Morgan fingerprint density at radius 2 is 1.71 bits per heavy atom. The maximum atomic E-state index is 9.03. The Bertz CT molecular complexity index is 731. The van der Waals surface area contributed by atoms with Crippen LogP contribution in [0.5, 0.6) is 0 Å². The van der Waals surface area contributed by atoms with Crippen molar-refractivity contribution in [3.63, 3.8) is 0 Å². The van der Waals surface area contributed by atoms with E-state index in [1.165, 1.54) is 5.56 Å². The van der Waals surface area contributed by atoms with E-state index in [0.29, 0.717) is 0 Å². The highest BCUT2D eigenvalue weighted by atomic mass is 16.3. The van der Waals surface area contributed by atoms with Gasteiger partial charge in [0.1, 0.15) is 5.82 Å². The quantitative estimate of drug-likeness (QED) is 0.755. The monoisotopic (exact) mass is 281 g/mol. The summed E-state index contributed by atoms with van der Waals surface area (Å²) in [6.07, 6.45) is 0. The number of hydrogen-bond donors (Lipinski definition) is 2. The molecule has 0 aliphatic heterocycles. The van der Waals surface area contributed by atoms with E-state index >= 15 is 0 Å². The molecular formula is C17H19N3O. The normalized spacial score (nSPS) is 11.1. The molecule has 2 N–H and O–H groups in total. The third-order valence-corrected chi connectivity index (χ3v) is 3.70. The van der Waals surface area contributed by atoms with Gasteiger partial charge < -0.3 is 15.0 Å². The molecule has 2 aromatic carbocycles. The molecule has 1 heterocycles. The van der Waals surface area contributed by atoms with E-state index in [9.17, 15) is 0 Å². The zero-order valence-electron chi connectivity index (χ0n) is 12.1. The van der Waals surface area contributed by atoms with Gasteiger partial charge in [-0.2, -0.15) is 0 Å². The summed E-state index contributed by atoms with van der Waals surface area (Å²) >= 11 is 0. The van der Waals surface area contributed by atoms with E-state index in [-0.39, 0.29) is 6.61 Å². The highest BCUT2D eigenvalue weighted by molar-refractivity contribution is 5.75. The third-order valence-electron chi connectivity index (χ3n) is 3.70. The number of benzene rings is 2. The summed E-state index contributed by atoms with van der Waals surface area (Å²) < 4.78 is 2.12. The lowest BCUT2D eigenvalue weighted by molar-refractivity contribution is 0.282. The van der Waals surface area contributed by atoms with Crippen LogP contribution < -0.4 is 5.32 Å². The van der Waals surface area contributed by atoms with Gasteiger partial charge in [-0.05, 0) is 23.3 Å². The lowest BCUT2D eigenvalue weighted by Crippen LogP contribution is -2.15. The van der Waals surface area contributed by atoms with E-state index in [1.807, 2.05) is 49.5 Å². The SMILES string of the molecule is Cn1c(CNCc2ccc(CO)cc2)nc2ccccc21. The Morgan fingerprint density at radius 1 is 1.00 bits per heavy atom. The maximum absolute atomic E-state index is 9.03. The Kier molecular flexibility index (Phi) is 3.99. The summed E-state index contributed by atoms with van der Waals surface area (Å²) in [5.74, 6) is 1.03. The summed E-state index contributed by atoms with van der Waals surface area (Å²) in [6, 6.07) is 16.1. The Labute approximate surface area is 124 Å². The lowest BCUT2D eigenvalue weighted by atomic mass is 10.1. The molecule has 0 unspecified atom stereocenters. The molecule has 0 amide bonds. The second-order valence-corrected chi connectivity index (χ2v) is 5.15. The fourth-order valence-corrected chi connectivity index (χ4v) is 2.43. The Hall–Kier alpha value is -2.17. The summed E-state index contributed by atoms with van der Waals surface area (Å²) in [6.45, 7) is 1.61. The molecule has 108 valence electrons. The average Bonchev–Trinajstić information content (AvgIpc) is 2.85. The number of aryl methyl sites for hydroxylation is 1. The molecule has 0 atom stereocenters. The van der Waals surface area contributed by atoms with Crippen LogP contribution in [0.25, 0.3) is 11.0 Å². The molecule has 0 saturated carbocycles. The molecule has 4 heteroatoms. The summed E-state index contributed by atoms with van der Waals surface area (Å²) in [7, 11) is 2.04. The largest absolute Gasteiger partial charge is 0.392 e. The van der Waals surface area contributed by atoms with Gasteiger partial charge in [0.2, 0.25) is 0 Å². The summed E-state index contributed by atoms with van der Waals surface area (Å²) in [5.41, 5.74) is 4.32. The molecule has 0 fully saturated rings. The van der Waals surface area contributed by atoms with E-state index in [1.54, 1.807) is 0 Å². The standard InChI is InChI=1S/C17H19N3O/c1-20-16-5-3-2-4-15(16)19-17(20)11-18-10-13-6-8-14(12-21)9-7-13/h2-9,18,21H,10-12H2,1H3. The fourth-order valence-electron chi connectivity index (χ4n) is 2.43. The number of aromatic nitrogens is 2. The van der Waals surface area contributed by atoms with Crippen molar-refractivity contribution in [2.45, 2.75) is 19.7 Å². The number of aliphatic hydroxyl groups is 1. The van der Waals surface area contributed by atoms with Crippen molar-refractivity contribution in [3.8, 4) is 0 Å². The first-order chi connectivity index (χ1) is 10.3. The van der Waals surface area contributed by atoms with E-state index in [2.05, 4.69) is 20.9 Å². The van der Waals surface area contributed by atoms with Crippen LogP contribution in [0.4, 0.5) is 0 Å².